The molecule has 0 radical (unpaired) electrons. The van der Waals surface area contributed by atoms with Crippen LogP contribution >= 0.6 is 0 Å². The molecule has 0 aromatic rings. The van der Waals surface area contributed by atoms with Crippen LogP contribution in [0.15, 0.2) is 0 Å². The number of carboxylic acids is 1. The summed E-state index contributed by atoms with van der Waals surface area (Å²) >= 11 is 0. The monoisotopic (exact) mass is 429 g/mol. The normalized spacial score (nSPS) is 19.1. The maximum Gasteiger partial charge on any atom is 0.326 e. The van der Waals surface area contributed by atoms with Crippen LogP contribution in [-0.2, 0) is 24.0 Å². The van der Waals surface area contributed by atoms with E-state index in [0.717, 1.165) is 0 Å². The summed E-state index contributed by atoms with van der Waals surface area (Å²) in [5.41, 5.74) is 10.5. The van der Waals surface area contributed by atoms with Crippen LogP contribution in [0.5, 0.6) is 0 Å². The molecule has 30 heavy (non-hydrogen) atoms. The lowest BCUT2D eigenvalue weighted by atomic mass is 10.0. The first-order valence-corrected chi connectivity index (χ1v) is 9.76. The van der Waals surface area contributed by atoms with Gasteiger partial charge in [-0.2, -0.15) is 0 Å². The summed E-state index contributed by atoms with van der Waals surface area (Å²) in [5, 5.41) is 23.6. The Morgan fingerprint density at radius 3 is 2.27 bits per heavy atom. The summed E-state index contributed by atoms with van der Waals surface area (Å²) < 4.78 is 0. The topological polar surface area (TPSA) is 205 Å². The molecule has 1 heterocycles. The number of hydrogen-bond acceptors (Lipinski definition) is 7. The number of nitrogens with zero attached hydrogens (tertiary/aromatic N) is 1. The van der Waals surface area contributed by atoms with E-state index < -0.39 is 66.8 Å². The smallest absolute Gasteiger partial charge is 0.326 e. The Balaban J connectivity index is 2.83. The molecular weight excluding hydrogens is 398 g/mol. The number of hydrogen-bond donors (Lipinski definition) is 6. The fourth-order valence-electron chi connectivity index (χ4n) is 3.24. The first-order chi connectivity index (χ1) is 14.0. The van der Waals surface area contributed by atoms with E-state index in [9.17, 15) is 34.2 Å². The molecule has 0 aromatic carbocycles. The van der Waals surface area contributed by atoms with Crippen molar-refractivity contribution in [3.8, 4) is 0 Å². The molecule has 170 valence electrons. The summed E-state index contributed by atoms with van der Waals surface area (Å²) in [7, 11) is 0. The van der Waals surface area contributed by atoms with Gasteiger partial charge < -0.3 is 37.2 Å². The molecule has 1 aliphatic rings. The minimum absolute atomic E-state index is 0.0336. The summed E-state index contributed by atoms with van der Waals surface area (Å²) in [5.74, 6) is -4.09. The zero-order valence-electron chi connectivity index (χ0n) is 17.2. The van der Waals surface area contributed by atoms with Crippen LogP contribution in [-0.4, -0.2) is 82.0 Å². The Bertz CT molecular complexity index is 669. The standard InChI is InChI=1S/C18H31N5O7/c1-9(2)6-11(18(29)30)21-16(27)13-4-3-5-23(13)17(28)12(8-24)22-15(26)10(19)7-14(20)25/h9-13,24H,3-8,19H2,1-2H3,(H2,20,25)(H,21,27)(H,22,26)(H,29,30). The molecule has 0 bridgehead atoms. The average molecular weight is 429 g/mol. The highest BCUT2D eigenvalue weighted by Gasteiger charge is 2.39. The second-order valence-electron chi connectivity index (χ2n) is 7.74. The predicted octanol–water partition coefficient (Wildman–Crippen LogP) is -2.73. The molecule has 12 heteroatoms. The van der Waals surface area contributed by atoms with E-state index in [1.807, 2.05) is 13.8 Å². The van der Waals surface area contributed by atoms with Crippen LogP contribution in [0.2, 0.25) is 0 Å². The zero-order valence-corrected chi connectivity index (χ0v) is 17.2. The van der Waals surface area contributed by atoms with Gasteiger partial charge in [0.25, 0.3) is 0 Å². The van der Waals surface area contributed by atoms with Crippen LogP contribution in [0.4, 0.5) is 0 Å². The van der Waals surface area contributed by atoms with Crippen molar-refractivity contribution in [3.05, 3.63) is 0 Å². The molecule has 4 unspecified atom stereocenters. The molecule has 1 aliphatic heterocycles. The Hall–Kier alpha value is -2.73. The molecule has 0 saturated carbocycles. The maximum atomic E-state index is 12.8. The number of aliphatic carboxylic acids is 1. The van der Waals surface area contributed by atoms with Crippen LogP contribution in [0.1, 0.15) is 39.5 Å². The fraction of sp³-hybridized carbons (Fsp3) is 0.722. The summed E-state index contributed by atoms with van der Waals surface area (Å²) in [4.78, 5) is 60.9. The highest BCUT2D eigenvalue weighted by molar-refractivity contribution is 5.95. The van der Waals surface area contributed by atoms with Crippen molar-refractivity contribution in [2.45, 2.75) is 63.7 Å². The van der Waals surface area contributed by atoms with E-state index in [-0.39, 0.29) is 18.9 Å². The molecule has 4 amide bonds. The van der Waals surface area contributed by atoms with Gasteiger partial charge in [-0.1, -0.05) is 13.8 Å². The number of carbonyl (C=O) groups is 5. The number of primary amides is 1. The van der Waals surface area contributed by atoms with Gasteiger partial charge >= 0.3 is 5.97 Å². The largest absolute Gasteiger partial charge is 0.480 e. The Kier molecular flexibility index (Phi) is 9.66. The van der Waals surface area contributed by atoms with Crippen LogP contribution in [0, 0.1) is 5.92 Å². The molecule has 8 N–H and O–H groups in total. The van der Waals surface area contributed by atoms with Gasteiger partial charge in [-0.3, -0.25) is 19.2 Å². The predicted molar refractivity (Wildman–Crippen MR) is 105 cm³/mol. The number of nitrogens with two attached hydrogens (primary N) is 2. The quantitative estimate of drug-likeness (QED) is 0.203. The van der Waals surface area contributed by atoms with E-state index >= 15 is 0 Å². The third kappa shape index (κ3) is 7.26. The third-order valence-corrected chi connectivity index (χ3v) is 4.72. The molecule has 1 saturated heterocycles. The Labute approximate surface area is 174 Å². The molecule has 12 nitrogen and oxygen atoms in total. The van der Waals surface area contributed by atoms with Crippen LogP contribution in [0.3, 0.4) is 0 Å². The first-order valence-electron chi connectivity index (χ1n) is 9.76. The molecule has 0 aliphatic carbocycles. The number of likely N-dealkylation sites (tertiary alicyclic amines) is 1. The van der Waals surface area contributed by atoms with Crippen molar-refractivity contribution in [3.63, 3.8) is 0 Å². The molecule has 1 rings (SSSR count). The summed E-state index contributed by atoms with van der Waals surface area (Å²) in [6, 6.07) is -4.66. The lowest BCUT2D eigenvalue weighted by Gasteiger charge is -2.29. The van der Waals surface area contributed by atoms with Crippen molar-refractivity contribution in [1.82, 2.24) is 15.5 Å². The minimum atomic E-state index is -1.37. The van der Waals surface area contributed by atoms with Crippen molar-refractivity contribution in [1.29, 1.82) is 0 Å². The van der Waals surface area contributed by atoms with Crippen LogP contribution in [0.25, 0.3) is 0 Å². The molecule has 0 spiro atoms. The molecule has 4 atom stereocenters. The number of aliphatic hydroxyl groups excluding tert-OH is 1. The van der Waals surface area contributed by atoms with Gasteiger partial charge in [-0.15, -0.1) is 0 Å². The maximum absolute atomic E-state index is 12.8. The number of carbonyl (C=O) groups excluding carboxylic acids is 4. The molecule has 0 aromatic heterocycles. The van der Waals surface area contributed by atoms with E-state index in [4.69, 9.17) is 11.5 Å². The third-order valence-electron chi connectivity index (χ3n) is 4.72. The summed E-state index contributed by atoms with van der Waals surface area (Å²) in [6.07, 6.45) is 0.617. The zero-order chi connectivity index (χ0) is 23.0. The Morgan fingerprint density at radius 2 is 1.77 bits per heavy atom. The van der Waals surface area contributed by atoms with Gasteiger partial charge in [0.15, 0.2) is 0 Å². The minimum Gasteiger partial charge on any atom is -0.480 e. The van der Waals surface area contributed by atoms with E-state index in [2.05, 4.69) is 10.6 Å². The number of nitrogens with one attached hydrogen (secondary N) is 2. The number of carboxylic acid groups (broad SMARTS) is 1. The lowest BCUT2D eigenvalue weighted by Crippen LogP contribution is -2.58. The van der Waals surface area contributed by atoms with Gasteiger partial charge in [0.1, 0.15) is 18.1 Å². The van der Waals surface area contributed by atoms with Gasteiger partial charge in [0.05, 0.1) is 19.1 Å². The number of amides is 4. The lowest BCUT2D eigenvalue weighted by molar-refractivity contribution is -0.145. The highest BCUT2D eigenvalue weighted by Crippen LogP contribution is 2.19. The van der Waals surface area contributed by atoms with E-state index in [1.54, 1.807) is 0 Å². The van der Waals surface area contributed by atoms with Crippen molar-refractivity contribution >= 4 is 29.6 Å². The van der Waals surface area contributed by atoms with Crippen LogP contribution < -0.4 is 22.1 Å². The Morgan fingerprint density at radius 1 is 1.13 bits per heavy atom. The average Bonchev–Trinajstić information content (AvgIpc) is 3.13. The second kappa shape index (κ2) is 11.5. The van der Waals surface area contributed by atoms with E-state index in [0.29, 0.717) is 12.8 Å². The first kappa shape index (κ1) is 25.3. The molecular formula is C18H31N5O7. The van der Waals surface area contributed by atoms with Crippen molar-refractivity contribution < 1.29 is 34.2 Å². The fourth-order valence-corrected chi connectivity index (χ4v) is 3.24. The SMILES string of the molecule is CC(C)CC(NC(=O)C1CCCN1C(=O)C(CO)NC(=O)C(N)CC(N)=O)C(=O)O. The van der Waals surface area contributed by atoms with Gasteiger partial charge in [0.2, 0.25) is 23.6 Å². The number of aliphatic hydroxyl groups is 1. The van der Waals surface area contributed by atoms with Gasteiger partial charge in [0, 0.05) is 6.54 Å². The van der Waals surface area contributed by atoms with E-state index in [1.165, 1.54) is 4.90 Å². The van der Waals surface area contributed by atoms with Crippen molar-refractivity contribution in [2.75, 3.05) is 13.2 Å². The van der Waals surface area contributed by atoms with Gasteiger partial charge in [-0.05, 0) is 25.2 Å². The molecule has 1 fully saturated rings. The summed E-state index contributed by atoms with van der Waals surface area (Å²) in [6.45, 7) is 3.11. The number of rotatable bonds is 11. The van der Waals surface area contributed by atoms with Crippen molar-refractivity contribution in [2.24, 2.45) is 17.4 Å². The van der Waals surface area contributed by atoms with Gasteiger partial charge in [-0.25, -0.2) is 4.79 Å². The second-order valence-corrected chi connectivity index (χ2v) is 7.74. The highest BCUT2D eigenvalue weighted by atomic mass is 16.4.